The molecule has 20 heavy (non-hydrogen) atoms. The third-order valence-electron chi connectivity index (χ3n) is 3.60. The van der Waals surface area contributed by atoms with Gasteiger partial charge in [0.1, 0.15) is 11.3 Å². The summed E-state index contributed by atoms with van der Waals surface area (Å²) >= 11 is 0. The first-order chi connectivity index (χ1) is 9.26. The second-order valence-corrected chi connectivity index (χ2v) is 4.95. The Hall–Kier alpha value is -1.52. The molecule has 5 heteroatoms. The van der Waals surface area contributed by atoms with E-state index in [1.54, 1.807) is 19.2 Å². The molecule has 0 atom stereocenters. The highest BCUT2D eigenvalue weighted by Gasteiger charge is 2.15. The maximum atomic E-state index is 12.0. The second-order valence-electron chi connectivity index (χ2n) is 4.95. The predicted octanol–water partition coefficient (Wildman–Crippen LogP) is 2.82. The third-order valence-corrected chi connectivity index (χ3v) is 3.60. The molecule has 1 aromatic carbocycles. The molecule has 3 rings (SSSR count). The van der Waals surface area contributed by atoms with E-state index >= 15 is 0 Å². The van der Waals surface area contributed by atoms with Crippen LogP contribution < -0.4 is 10.4 Å². The molecule has 0 N–H and O–H groups in total. The van der Waals surface area contributed by atoms with E-state index in [-0.39, 0.29) is 18.0 Å². The molecule has 0 unspecified atom stereocenters. The third kappa shape index (κ3) is 2.97. The van der Waals surface area contributed by atoms with Crippen LogP contribution in [-0.2, 0) is 6.54 Å². The van der Waals surface area contributed by atoms with Crippen LogP contribution in [0, 0.1) is 0 Å². The normalized spacial score (nSPS) is 15.2. The largest absolute Gasteiger partial charge is 0.497 e. The van der Waals surface area contributed by atoms with Crippen LogP contribution in [0.4, 0.5) is 0 Å². The fourth-order valence-corrected chi connectivity index (χ4v) is 2.56. The van der Waals surface area contributed by atoms with Crippen molar-refractivity contribution >= 4 is 23.4 Å². The molecule has 1 fully saturated rings. The van der Waals surface area contributed by atoms with Gasteiger partial charge in [0, 0.05) is 11.9 Å². The lowest BCUT2D eigenvalue weighted by Crippen LogP contribution is -2.22. The quantitative estimate of drug-likeness (QED) is 0.817. The van der Waals surface area contributed by atoms with Crippen molar-refractivity contribution in [1.82, 2.24) is 4.90 Å². The van der Waals surface area contributed by atoms with E-state index in [0.717, 1.165) is 29.8 Å². The van der Waals surface area contributed by atoms with Crippen molar-refractivity contribution in [3.05, 3.63) is 40.2 Å². The predicted molar refractivity (Wildman–Crippen MR) is 80.8 cm³/mol. The Morgan fingerprint density at radius 2 is 2.00 bits per heavy atom. The van der Waals surface area contributed by atoms with E-state index in [1.165, 1.54) is 12.8 Å². The van der Waals surface area contributed by atoms with Crippen molar-refractivity contribution in [3.8, 4) is 5.75 Å². The Morgan fingerprint density at radius 3 is 2.70 bits per heavy atom. The van der Waals surface area contributed by atoms with Crippen molar-refractivity contribution in [2.75, 3.05) is 20.2 Å². The van der Waals surface area contributed by atoms with Gasteiger partial charge >= 0.3 is 5.63 Å². The zero-order valence-electron chi connectivity index (χ0n) is 11.4. The van der Waals surface area contributed by atoms with Crippen molar-refractivity contribution in [2.45, 2.75) is 19.4 Å². The molecule has 2 heterocycles. The van der Waals surface area contributed by atoms with Gasteiger partial charge in [0.25, 0.3) is 0 Å². The molecule has 0 amide bonds. The number of hydrogen-bond acceptors (Lipinski definition) is 4. The average molecular weight is 296 g/mol. The molecule has 1 aromatic heterocycles. The van der Waals surface area contributed by atoms with Gasteiger partial charge in [-0.15, -0.1) is 12.4 Å². The maximum absolute atomic E-state index is 12.0. The van der Waals surface area contributed by atoms with E-state index in [9.17, 15) is 4.79 Å². The van der Waals surface area contributed by atoms with Crippen LogP contribution in [-0.4, -0.2) is 25.1 Å². The van der Waals surface area contributed by atoms with Gasteiger partial charge in [0.2, 0.25) is 0 Å². The van der Waals surface area contributed by atoms with E-state index < -0.39 is 0 Å². The number of fused-ring (bicyclic) bond motifs is 1. The molecule has 0 radical (unpaired) electrons. The first kappa shape index (κ1) is 14.9. The van der Waals surface area contributed by atoms with Gasteiger partial charge in [-0.3, -0.25) is 4.90 Å². The number of hydrogen-bond donors (Lipinski definition) is 0. The van der Waals surface area contributed by atoms with Gasteiger partial charge < -0.3 is 9.15 Å². The van der Waals surface area contributed by atoms with Gasteiger partial charge in [0.05, 0.1) is 12.7 Å². The Kier molecular flexibility index (Phi) is 4.68. The summed E-state index contributed by atoms with van der Waals surface area (Å²) in [5, 5.41) is 0.910. The maximum Gasteiger partial charge on any atom is 0.340 e. The Labute approximate surface area is 123 Å². The molecule has 4 nitrogen and oxygen atoms in total. The van der Waals surface area contributed by atoms with Crippen LogP contribution >= 0.6 is 12.4 Å². The Bertz CT molecular complexity index is 647. The molecular weight excluding hydrogens is 278 g/mol. The molecule has 1 saturated heterocycles. The molecule has 108 valence electrons. The number of ether oxygens (including phenoxy) is 1. The lowest BCUT2D eigenvalue weighted by atomic mass is 10.1. The number of halogens is 1. The number of methoxy groups -OCH3 is 1. The summed E-state index contributed by atoms with van der Waals surface area (Å²) in [6.45, 7) is 2.81. The van der Waals surface area contributed by atoms with Crippen molar-refractivity contribution < 1.29 is 9.15 Å². The van der Waals surface area contributed by atoms with Gasteiger partial charge in [-0.05, 0) is 50.2 Å². The van der Waals surface area contributed by atoms with Crippen LogP contribution in [0.2, 0.25) is 0 Å². The van der Waals surface area contributed by atoms with Crippen molar-refractivity contribution in [1.29, 1.82) is 0 Å². The summed E-state index contributed by atoms with van der Waals surface area (Å²) in [6, 6.07) is 7.38. The fraction of sp³-hybridized carbons (Fsp3) is 0.400. The van der Waals surface area contributed by atoms with Crippen molar-refractivity contribution in [2.24, 2.45) is 0 Å². The molecule has 1 aliphatic heterocycles. The molecule has 0 aliphatic carbocycles. The highest BCUT2D eigenvalue weighted by molar-refractivity contribution is 5.85. The smallest absolute Gasteiger partial charge is 0.340 e. The van der Waals surface area contributed by atoms with Crippen LogP contribution in [0.25, 0.3) is 11.0 Å². The minimum Gasteiger partial charge on any atom is -0.497 e. The lowest BCUT2D eigenvalue weighted by Gasteiger charge is -2.13. The highest BCUT2D eigenvalue weighted by Crippen LogP contribution is 2.21. The number of likely N-dealkylation sites (tertiary alicyclic amines) is 1. The Balaban J connectivity index is 0.00000147. The molecular formula is C15H18ClNO3. The first-order valence-corrected chi connectivity index (χ1v) is 6.59. The monoisotopic (exact) mass is 295 g/mol. The molecule has 1 aliphatic rings. The minimum atomic E-state index is -0.232. The topological polar surface area (TPSA) is 42.7 Å². The summed E-state index contributed by atoms with van der Waals surface area (Å²) in [5.41, 5.74) is 1.10. The SMILES string of the molecule is COc1ccc2oc(=O)c(CN3CCCC3)cc2c1.Cl. The Morgan fingerprint density at radius 1 is 1.25 bits per heavy atom. The molecule has 0 saturated carbocycles. The number of rotatable bonds is 3. The van der Waals surface area contributed by atoms with Gasteiger partial charge in [-0.2, -0.15) is 0 Å². The number of benzene rings is 1. The standard InChI is InChI=1S/C15H17NO3.ClH/c1-18-13-4-5-14-11(9-13)8-12(15(17)19-14)10-16-6-2-3-7-16;/h4-5,8-9H,2-3,6-7,10H2,1H3;1H. The van der Waals surface area contributed by atoms with E-state index in [1.807, 2.05) is 12.1 Å². The van der Waals surface area contributed by atoms with E-state index in [2.05, 4.69) is 4.90 Å². The van der Waals surface area contributed by atoms with Gasteiger partial charge in [-0.25, -0.2) is 4.79 Å². The molecule has 2 aromatic rings. The summed E-state index contributed by atoms with van der Waals surface area (Å²) in [6.07, 6.45) is 2.43. The highest BCUT2D eigenvalue weighted by atomic mass is 35.5. The first-order valence-electron chi connectivity index (χ1n) is 6.59. The minimum absolute atomic E-state index is 0. The summed E-state index contributed by atoms with van der Waals surface area (Å²) in [7, 11) is 1.63. The fourth-order valence-electron chi connectivity index (χ4n) is 2.56. The lowest BCUT2D eigenvalue weighted by molar-refractivity contribution is 0.325. The van der Waals surface area contributed by atoms with E-state index in [4.69, 9.17) is 9.15 Å². The zero-order valence-corrected chi connectivity index (χ0v) is 12.2. The van der Waals surface area contributed by atoms with Gasteiger partial charge in [-0.1, -0.05) is 0 Å². The number of nitrogens with zero attached hydrogens (tertiary/aromatic N) is 1. The van der Waals surface area contributed by atoms with Gasteiger partial charge in [0.15, 0.2) is 0 Å². The summed E-state index contributed by atoms with van der Waals surface area (Å²) in [5.74, 6) is 0.772. The van der Waals surface area contributed by atoms with Crippen LogP contribution in [0.1, 0.15) is 18.4 Å². The van der Waals surface area contributed by atoms with E-state index in [0.29, 0.717) is 12.1 Å². The molecule has 0 bridgehead atoms. The van der Waals surface area contributed by atoms with Crippen LogP contribution in [0.15, 0.2) is 33.5 Å². The summed E-state index contributed by atoms with van der Waals surface area (Å²) < 4.78 is 10.6. The summed E-state index contributed by atoms with van der Waals surface area (Å²) in [4.78, 5) is 14.2. The van der Waals surface area contributed by atoms with Crippen LogP contribution in [0.5, 0.6) is 5.75 Å². The zero-order chi connectivity index (χ0) is 13.2. The average Bonchev–Trinajstić information content (AvgIpc) is 2.92. The molecule has 0 spiro atoms. The second kappa shape index (κ2) is 6.29. The van der Waals surface area contributed by atoms with Crippen molar-refractivity contribution in [3.63, 3.8) is 0 Å². The van der Waals surface area contributed by atoms with Crippen LogP contribution in [0.3, 0.4) is 0 Å².